The van der Waals surface area contributed by atoms with Crippen LogP contribution in [-0.4, -0.2) is 42.3 Å². The zero-order valence-corrected chi connectivity index (χ0v) is 17.8. The molecule has 0 amide bonds. The molecule has 4 nitrogen and oxygen atoms in total. The smallest absolute Gasteiger partial charge is 0.143 e. The topological polar surface area (TPSA) is 26.6 Å². The maximum absolute atomic E-state index is 6.39. The Morgan fingerprint density at radius 1 is 0.871 bits per heavy atom. The molecule has 1 fully saturated rings. The number of para-hydroxylation sites is 1. The van der Waals surface area contributed by atoms with E-state index in [0.29, 0.717) is 6.61 Å². The van der Waals surface area contributed by atoms with Crippen molar-refractivity contribution in [3.05, 3.63) is 72.3 Å². The first-order valence-electron chi connectivity index (χ1n) is 11.5. The molecule has 1 atom stereocenters. The monoisotopic (exact) mass is 412 g/mol. The highest BCUT2D eigenvalue weighted by atomic mass is 16.5. The van der Waals surface area contributed by atoms with E-state index >= 15 is 0 Å². The summed E-state index contributed by atoms with van der Waals surface area (Å²) in [5.74, 6) is 1.93. The van der Waals surface area contributed by atoms with Crippen LogP contribution in [0.1, 0.15) is 30.9 Å². The lowest BCUT2D eigenvalue weighted by molar-refractivity contribution is 0.184. The first kappa shape index (κ1) is 18.8. The van der Waals surface area contributed by atoms with Crippen LogP contribution in [0.2, 0.25) is 0 Å². The Hall–Kier alpha value is -2.98. The van der Waals surface area contributed by atoms with Crippen LogP contribution in [0.5, 0.6) is 11.5 Å². The molecule has 158 valence electrons. The van der Waals surface area contributed by atoms with E-state index in [9.17, 15) is 0 Å². The zero-order valence-electron chi connectivity index (χ0n) is 17.8. The van der Waals surface area contributed by atoms with Gasteiger partial charge in [0, 0.05) is 17.3 Å². The summed E-state index contributed by atoms with van der Waals surface area (Å²) in [7, 11) is 0. The van der Waals surface area contributed by atoms with Gasteiger partial charge in [0.2, 0.25) is 0 Å². The molecule has 0 N–H and O–H groups in total. The quantitative estimate of drug-likeness (QED) is 0.424. The van der Waals surface area contributed by atoms with Crippen molar-refractivity contribution >= 4 is 21.8 Å². The summed E-state index contributed by atoms with van der Waals surface area (Å²) in [5, 5.41) is 2.41. The second-order valence-electron chi connectivity index (χ2n) is 8.66. The van der Waals surface area contributed by atoms with Gasteiger partial charge in [0.25, 0.3) is 0 Å². The zero-order chi connectivity index (χ0) is 20.6. The molecule has 6 rings (SSSR count). The van der Waals surface area contributed by atoms with E-state index in [-0.39, 0.29) is 6.04 Å². The summed E-state index contributed by atoms with van der Waals surface area (Å²) in [5.41, 5.74) is 3.66. The Labute approximate surface area is 183 Å². The van der Waals surface area contributed by atoms with Gasteiger partial charge in [-0.05, 0) is 49.7 Å². The van der Waals surface area contributed by atoms with Gasteiger partial charge in [0.1, 0.15) is 24.7 Å². The van der Waals surface area contributed by atoms with Crippen LogP contribution in [0.15, 0.2) is 66.7 Å². The molecule has 0 spiro atoms. The molecule has 1 saturated heterocycles. The minimum absolute atomic E-state index is 0.152. The highest BCUT2D eigenvalue weighted by Crippen LogP contribution is 2.44. The summed E-state index contributed by atoms with van der Waals surface area (Å²) >= 11 is 0. The number of aromatic nitrogens is 1. The molecular formula is C27H28N2O2. The predicted molar refractivity (Wildman–Crippen MR) is 125 cm³/mol. The number of hydrogen-bond acceptors (Lipinski definition) is 3. The number of ether oxygens (including phenoxy) is 2. The Bertz CT molecular complexity index is 1210. The number of nitrogens with zero attached hydrogens (tertiary/aromatic N) is 2. The van der Waals surface area contributed by atoms with Crippen LogP contribution in [-0.2, 0) is 0 Å². The van der Waals surface area contributed by atoms with Crippen LogP contribution in [0.25, 0.3) is 21.8 Å². The van der Waals surface area contributed by atoms with E-state index in [0.717, 1.165) is 24.7 Å². The Kier molecular flexibility index (Phi) is 4.80. The predicted octanol–water partition coefficient (Wildman–Crippen LogP) is 5.64. The minimum atomic E-state index is 0.152. The highest BCUT2D eigenvalue weighted by molar-refractivity contribution is 6.13. The molecule has 0 radical (unpaired) electrons. The molecule has 3 aromatic carbocycles. The van der Waals surface area contributed by atoms with Crippen molar-refractivity contribution < 1.29 is 9.47 Å². The maximum atomic E-state index is 6.39. The van der Waals surface area contributed by atoms with Gasteiger partial charge in [0.15, 0.2) is 0 Å². The van der Waals surface area contributed by atoms with Gasteiger partial charge in [-0.15, -0.1) is 0 Å². The molecule has 31 heavy (non-hydrogen) atoms. The van der Waals surface area contributed by atoms with Crippen LogP contribution in [0, 0.1) is 0 Å². The SMILES string of the molecule is c1ccc(C2COc3cccc4c5c(OCCN6CCCCC6)cccc5n2c34)cc1. The lowest BCUT2D eigenvalue weighted by atomic mass is 10.1. The minimum Gasteiger partial charge on any atom is -0.492 e. The van der Waals surface area contributed by atoms with Gasteiger partial charge in [-0.25, -0.2) is 0 Å². The second-order valence-corrected chi connectivity index (χ2v) is 8.66. The lowest BCUT2D eigenvalue weighted by Gasteiger charge is -2.27. The summed E-state index contributed by atoms with van der Waals surface area (Å²) in [4.78, 5) is 2.53. The molecule has 3 heterocycles. The number of likely N-dealkylation sites (tertiary alicyclic amines) is 1. The van der Waals surface area contributed by atoms with Crippen LogP contribution >= 0.6 is 0 Å². The average Bonchev–Trinajstić information content (AvgIpc) is 3.18. The standard InChI is InChI=1S/C27H28N2O2/c1-3-9-20(10-4-1)23-19-31-25-14-7-11-21-26-22(29(23)27(21)25)12-8-13-24(26)30-18-17-28-15-5-2-6-16-28/h1,3-4,7-14,23H,2,5-6,15-19H2. The fraction of sp³-hybridized carbons (Fsp3) is 0.333. The highest BCUT2D eigenvalue weighted by Gasteiger charge is 2.28. The Morgan fingerprint density at radius 3 is 2.58 bits per heavy atom. The second kappa shape index (κ2) is 7.93. The van der Waals surface area contributed by atoms with Crippen molar-refractivity contribution in [1.29, 1.82) is 0 Å². The molecule has 2 aliphatic heterocycles. The fourth-order valence-electron chi connectivity index (χ4n) is 5.28. The third kappa shape index (κ3) is 3.26. The van der Waals surface area contributed by atoms with E-state index in [1.54, 1.807) is 0 Å². The maximum Gasteiger partial charge on any atom is 0.143 e. The van der Waals surface area contributed by atoms with Crippen molar-refractivity contribution in [1.82, 2.24) is 9.47 Å². The number of piperidine rings is 1. The van der Waals surface area contributed by atoms with Gasteiger partial charge in [0.05, 0.1) is 17.1 Å². The lowest BCUT2D eigenvalue weighted by Crippen LogP contribution is -2.33. The number of hydrogen-bond donors (Lipinski definition) is 0. The van der Waals surface area contributed by atoms with Gasteiger partial charge < -0.3 is 14.0 Å². The van der Waals surface area contributed by atoms with Crippen molar-refractivity contribution in [2.75, 3.05) is 32.8 Å². The van der Waals surface area contributed by atoms with Crippen molar-refractivity contribution in [2.24, 2.45) is 0 Å². The molecule has 1 aromatic heterocycles. The summed E-state index contributed by atoms with van der Waals surface area (Å²) in [6, 6.07) is 23.6. The third-order valence-electron chi connectivity index (χ3n) is 6.78. The largest absolute Gasteiger partial charge is 0.492 e. The summed E-state index contributed by atoms with van der Waals surface area (Å²) in [6.45, 7) is 4.76. The van der Waals surface area contributed by atoms with Gasteiger partial charge in [-0.2, -0.15) is 0 Å². The Balaban J connectivity index is 1.42. The van der Waals surface area contributed by atoms with Crippen LogP contribution in [0.3, 0.4) is 0 Å². The molecule has 2 aliphatic rings. The molecule has 0 bridgehead atoms. The molecule has 4 heteroatoms. The number of benzene rings is 3. The fourth-order valence-corrected chi connectivity index (χ4v) is 5.28. The number of fused-ring (bicyclic) bond motifs is 3. The van der Waals surface area contributed by atoms with E-state index in [1.807, 2.05) is 0 Å². The summed E-state index contributed by atoms with van der Waals surface area (Å²) in [6.07, 6.45) is 3.99. The van der Waals surface area contributed by atoms with E-state index in [2.05, 4.69) is 76.2 Å². The normalized spacial score (nSPS) is 18.9. The number of rotatable bonds is 5. The molecule has 0 saturated carbocycles. The third-order valence-corrected chi connectivity index (χ3v) is 6.78. The van der Waals surface area contributed by atoms with Crippen LogP contribution in [0.4, 0.5) is 0 Å². The Morgan fingerprint density at radius 2 is 1.71 bits per heavy atom. The van der Waals surface area contributed by atoms with Gasteiger partial charge in [-0.1, -0.05) is 55.0 Å². The van der Waals surface area contributed by atoms with Crippen molar-refractivity contribution in [3.8, 4) is 11.5 Å². The molecular weight excluding hydrogens is 384 g/mol. The first-order valence-corrected chi connectivity index (χ1v) is 11.5. The van der Waals surface area contributed by atoms with E-state index in [1.165, 1.54) is 59.7 Å². The average molecular weight is 413 g/mol. The van der Waals surface area contributed by atoms with Crippen molar-refractivity contribution in [2.45, 2.75) is 25.3 Å². The van der Waals surface area contributed by atoms with E-state index in [4.69, 9.17) is 9.47 Å². The molecule has 4 aromatic rings. The van der Waals surface area contributed by atoms with E-state index < -0.39 is 0 Å². The van der Waals surface area contributed by atoms with Crippen LogP contribution < -0.4 is 9.47 Å². The van der Waals surface area contributed by atoms with Gasteiger partial charge in [-0.3, -0.25) is 4.90 Å². The van der Waals surface area contributed by atoms with Gasteiger partial charge >= 0.3 is 0 Å². The molecule has 0 aliphatic carbocycles. The molecule has 1 unspecified atom stereocenters. The first-order chi connectivity index (χ1) is 15.4. The van der Waals surface area contributed by atoms with Crippen molar-refractivity contribution in [3.63, 3.8) is 0 Å². The summed E-state index contributed by atoms with van der Waals surface area (Å²) < 4.78 is 15.1.